The van der Waals surface area contributed by atoms with Gasteiger partial charge in [0.1, 0.15) is 13.2 Å². The summed E-state index contributed by atoms with van der Waals surface area (Å²) in [6, 6.07) is 7.97. The number of aliphatic hydroxyl groups is 1. The standard InChI is InChI=1S/C23H28NO5/c1-13-15-6-7-18(26-2)23(29-5)21(15)17(12-25)24-9-8-14-10-19(27-3)20(28-4)11-16(14)22(13)24/h6-7,10-11,13,17,25H,8-9,12H2,1-5H3/q+1. The summed E-state index contributed by atoms with van der Waals surface area (Å²) in [5, 5.41) is 10.4. The minimum Gasteiger partial charge on any atom is -0.493 e. The van der Waals surface area contributed by atoms with Crippen LogP contribution in [0, 0.1) is 0 Å². The van der Waals surface area contributed by atoms with E-state index in [1.807, 2.05) is 6.07 Å². The van der Waals surface area contributed by atoms with Crippen molar-refractivity contribution in [2.24, 2.45) is 0 Å². The summed E-state index contributed by atoms with van der Waals surface area (Å²) in [4.78, 5) is 0. The molecule has 0 spiro atoms. The number of fused-ring (bicyclic) bond motifs is 3. The highest BCUT2D eigenvalue weighted by molar-refractivity contribution is 6.04. The number of benzene rings is 2. The van der Waals surface area contributed by atoms with Gasteiger partial charge in [-0.3, -0.25) is 0 Å². The van der Waals surface area contributed by atoms with Gasteiger partial charge in [0.15, 0.2) is 28.7 Å². The third-order valence-electron chi connectivity index (χ3n) is 6.19. The van der Waals surface area contributed by atoms with Crippen molar-refractivity contribution in [3.05, 3.63) is 46.5 Å². The van der Waals surface area contributed by atoms with Crippen LogP contribution in [0.1, 0.15) is 41.1 Å². The van der Waals surface area contributed by atoms with E-state index in [2.05, 4.69) is 29.7 Å². The van der Waals surface area contributed by atoms with Crippen molar-refractivity contribution in [3.8, 4) is 23.0 Å². The fourth-order valence-electron chi connectivity index (χ4n) is 4.87. The molecule has 4 rings (SSSR count). The second-order valence-corrected chi connectivity index (χ2v) is 7.42. The molecule has 0 saturated carbocycles. The lowest BCUT2D eigenvalue weighted by molar-refractivity contribution is -0.579. The van der Waals surface area contributed by atoms with Gasteiger partial charge in [-0.15, -0.1) is 0 Å². The Balaban J connectivity index is 1.96. The smallest absolute Gasteiger partial charge is 0.205 e. The van der Waals surface area contributed by atoms with Gasteiger partial charge >= 0.3 is 0 Å². The fraction of sp³-hybridized carbons (Fsp3) is 0.435. The summed E-state index contributed by atoms with van der Waals surface area (Å²) in [5.74, 6) is 2.97. The highest BCUT2D eigenvalue weighted by Crippen LogP contribution is 2.46. The maximum Gasteiger partial charge on any atom is 0.205 e. The van der Waals surface area contributed by atoms with Gasteiger partial charge in [0, 0.05) is 12.0 Å². The highest BCUT2D eigenvalue weighted by atomic mass is 16.5. The van der Waals surface area contributed by atoms with Crippen LogP contribution in [0.15, 0.2) is 24.3 Å². The lowest BCUT2D eigenvalue weighted by Gasteiger charge is -2.33. The van der Waals surface area contributed by atoms with Crippen molar-refractivity contribution in [1.29, 1.82) is 0 Å². The minimum absolute atomic E-state index is 0.00459. The van der Waals surface area contributed by atoms with Crippen LogP contribution in [0.5, 0.6) is 23.0 Å². The third kappa shape index (κ3) is 2.85. The molecule has 0 aliphatic carbocycles. The molecule has 29 heavy (non-hydrogen) atoms. The van der Waals surface area contributed by atoms with Crippen molar-refractivity contribution < 1.29 is 28.6 Å². The summed E-state index contributed by atoms with van der Waals surface area (Å²) in [7, 11) is 6.61. The summed E-state index contributed by atoms with van der Waals surface area (Å²) in [5.41, 5.74) is 5.75. The minimum atomic E-state index is -0.192. The largest absolute Gasteiger partial charge is 0.493 e. The Hall–Kier alpha value is -2.73. The maximum atomic E-state index is 10.4. The van der Waals surface area contributed by atoms with Crippen LogP contribution in [0.3, 0.4) is 0 Å². The molecule has 0 bridgehead atoms. The van der Waals surface area contributed by atoms with E-state index >= 15 is 0 Å². The van der Waals surface area contributed by atoms with Gasteiger partial charge in [0.2, 0.25) is 6.04 Å². The number of methoxy groups -OCH3 is 4. The molecule has 0 saturated heterocycles. The van der Waals surface area contributed by atoms with Crippen LogP contribution >= 0.6 is 0 Å². The number of nitrogens with zero attached hydrogens (tertiary/aromatic N) is 1. The molecular weight excluding hydrogens is 370 g/mol. The van der Waals surface area contributed by atoms with Crippen LogP contribution in [-0.4, -0.2) is 57.0 Å². The molecule has 2 aliphatic rings. The Kier molecular flexibility index (Phi) is 5.13. The molecule has 2 aliphatic heterocycles. The van der Waals surface area contributed by atoms with Crippen LogP contribution in [0.2, 0.25) is 0 Å². The molecule has 0 aromatic heterocycles. The first-order valence-corrected chi connectivity index (χ1v) is 9.83. The predicted octanol–water partition coefficient (Wildman–Crippen LogP) is 2.93. The van der Waals surface area contributed by atoms with Gasteiger partial charge < -0.3 is 24.1 Å². The van der Waals surface area contributed by atoms with Gasteiger partial charge in [-0.05, 0) is 36.2 Å². The molecule has 6 heteroatoms. The number of ether oxygens (including phenoxy) is 4. The highest BCUT2D eigenvalue weighted by Gasteiger charge is 2.44. The molecule has 2 aromatic rings. The zero-order valence-corrected chi connectivity index (χ0v) is 17.6. The maximum absolute atomic E-state index is 10.4. The summed E-state index contributed by atoms with van der Waals surface area (Å²) in [6.07, 6.45) is 0.865. The molecule has 154 valence electrons. The summed E-state index contributed by atoms with van der Waals surface area (Å²) < 4.78 is 24.6. The number of rotatable bonds is 5. The van der Waals surface area contributed by atoms with E-state index in [0.717, 1.165) is 35.4 Å². The van der Waals surface area contributed by atoms with E-state index < -0.39 is 0 Å². The lowest BCUT2D eigenvalue weighted by Crippen LogP contribution is -2.41. The second-order valence-electron chi connectivity index (χ2n) is 7.42. The van der Waals surface area contributed by atoms with E-state index in [1.54, 1.807) is 28.4 Å². The lowest BCUT2D eigenvalue weighted by atomic mass is 9.78. The average Bonchev–Trinajstić information content (AvgIpc) is 2.77. The quantitative estimate of drug-likeness (QED) is 0.785. The van der Waals surface area contributed by atoms with Crippen LogP contribution in [0.4, 0.5) is 0 Å². The van der Waals surface area contributed by atoms with Gasteiger partial charge in [0.25, 0.3) is 0 Å². The molecule has 2 aromatic carbocycles. The Morgan fingerprint density at radius 2 is 1.66 bits per heavy atom. The Morgan fingerprint density at radius 1 is 0.966 bits per heavy atom. The van der Waals surface area contributed by atoms with E-state index in [1.165, 1.54) is 11.3 Å². The molecule has 2 heterocycles. The average molecular weight is 398 g/mol. The molecule has 2 unspecified atom stereocenters. The van der Waals surface area contributed by atoms with Crippen LogP contribution in [0.25, 0.3) is 0 Å². The SMILES string of the molecule is COc1cc2c(cc1OC)C1=[N+](CC2)C(CO)c2c(ccc(OC)c2OC)C1C. The van der Waals surface area contributed by atoms with E-state index in [-0.39, 0.29) is 18.6 Å². The third-order valence-corrected chi connectivity index (χ3v) is 6.19. The topological polar surface area (TPSA) is 60.2 Å². The number of hydrogen-bond donors (Lipinski definition) is 1. The van der Waals surface area contributed by atoms with Gasteiger partial charge in [0.05, 0.1) is 39.9 Å². The van der Waals surface area contributed by atoms with Crippen LogP contribution in [-0.2, 0) is 6.42 Å². The normalized spacial score (nSPS) is 19.8. The van der Waals surface area contributed by atoms with E-state index in [0.29, 0.717) is 17.2 Å². The predicted molar refractivity (Wildman–Crippen MR) is 110 cm³/mol. The molecule has 0 fully saturated rings. The zero-order chi connectivity index (χ0) is 20.7. The molecule has 0 amide bonds. The Bertz CT molecular complexity index is 982. The first-order valence-electron chi connectivity index (χ1n) is 9.83. The van der Waals surface area contributed by atoms with Crippen molar-refractivity contribution in [2.75, 3.05) is 41.6 Å². The summed E-state index contributed by atoms with van der Waals surface area (Å²) >= 11 is 0. The summed E-state index contributed by atoms with van der Waals surface area (Å²) in [6.45, 7) is 3.01. The Labute approximate surface area is 171 Å². The van der Waals surface area contributed by atoms with Crippen molar-refractivity contribution in [3.63, 3.8) is 0 Å². The first kappa shape index (κ1) is 19.6. The van der Waals surface area contributed by atoms with Crippen molar-refractivity contribution in [2.45, 2.75) is 25.3 Å². The number of hydrogen-bond acceptors (Lipinski definition) is 5. The second kappa shape index (κ2) is 7.59. The van der Waals surface area contributed by atoms with E-state index in [9.17, 15) is 5.11 Å². The van der Waals surface area contributed by atoms with Crippen LogP contribution < -0.4 is 18.9 Å². The van der Waals surface area contributed by atoms with E-state index in [4.69, 9.17) is 18.9 Å². The van der Waals surface area contributed by atoms with Gasteiger partial charge in [-0.1, -0.05) is 6.07 Å². The van der Waals surface area contributed by atoms with Crippen molar-refractivity contribution >= 4 is 5.71 Å². The fourth-order valence-corrected chi connectivity index (χ4v) is 4.87. The molecule has 1 N–H and O–H groups in total. The molecule has 2 atom stereocenters. The molecule has 6 nitrogen and oxygen atoms in total. The monoisotopic (exact) mass is 398 g/mol. The Morgan fingerprint density at radius 3 is 2.28 bits per heavy atom. The van der Waals surface area contributed by atoms with Crippen molar-refractivity contribution in [1.82, 2.24) is 0 Å². The molecule has 0 radical (unpaired) electrons. The molecular formula is C23H28NO5+. The first-order chi connectivity index (χ1) is 14.1. The van der Waals surface area contributed by atoms with Gasteiger partial charge in [-0.2, -0.15) is 0 Å². The zero-order valence-electron chi connectivity index (χ0n) is 17.6. The number of aliphatic hydroxyl groups excluding tert-OH is 1. The van der Waals surface area contributed by atoms with Gasteiger partial charge in [-0.25, -0.2) is 4.58 Å².